The van der Waals surface area contributed by atoms with Crippen molar-refractivity contribution in [2.75, 3.05) is 17.7 Å². The molecule has 0 aliphatic carbocycles. The van der Waals surface area contributed by atoms with E-state index in [2.05, 4.69) is 21.2 Å². The van der Waals surface area contributed by atoms with Crippen LogP contribution >= 0.6 is 39.1 Å². The summed E-state index contributed by atoms with van der Waals surface area (Å²) in [5.74, 6) is 0.0667. The Labute approximate surface area is 140 Å². The molecule has 110 valence electrons. The van der Waals surface area contributed by atoms with E-state index in [1.54, 1.807) is 36.4 Å². The molecular formula is C14H11BrCl2N2O2. The number of halogens is 3. The van der Waals surface area contributed by atoms with E-state index in [1.165, 1.54) is 0 Å². The quantitative estimate of drug-likeness (QED) is 0.763. The third-order valence-electron chi connectivity index (χ3n) is 2.54. The fourth-order valence-corrected chi connectivity index (χ4v) is 2.46. The van der Waals surface area contributed by atoms with Gasteiger partial charge in [-0.15, -0.1) is 0 Å². The molecule has 3 N–H and O–H groups in total. The number of rotatable bonds is 4. The molecule has 0 aromatic heterocycles. The molecule has 1 amide bonds. The fourth-order valence-electron chi connectivity index (χ4n) is 1.56. The largest absolute Gasteiger partial charge is 0.482 e. The van der Waals surface area contributed by atoms with E-state index in [1.807, 2.05) is 0 Å². The normalized spacial score (nSPS) is 10.2. The number of anilines is 2. The van der Waals surface area contributed by atoms with Crippen LogP contribution in [0, 0.1) is 0 Å². The number of amides is 1. The summed E-state index contributed by atoms with van der Waals surface area (Å²) in [6.45, 7) is -0.187. The Kier molecular flexibility index (Phi) is 5.33. The van der Waals surface area contributed by atoms with Crippen molar-refractivity contribution in [3.63, 3.8) is 0 Å². The zero-order valence-corrected chi connectivity index (χ0v) is 13.8. The molecule has 21 heavy (non-hydrogen) atoms. The second-order valence-electron chi connectivity index (χ2n) is 4.14. The van der Waals surface area contributed by atoms with Crippen LogP contribution in [0.25, 0.3) is 0 Å². The molecule has 0 bridgehead atoms. The molecule has 4 nitrogen and oxygen atoms in total. The lowest BCUT2D eigenvalue weighted by Crippen LogP contribution is -2.20. The smallest absolute Gasteiger partial charge is 0.262 e. The van der Waals surface area contributed by atoms with Gasteiger partial charge in [0.1, 0.15) is 5.75 Å². The summed E-state index contributed by atoms with van der Waals surface area (Å²) >= 11 is 15.1. The number of nitrogens with one attached hydrogen (secondary N) is 1. The number of carbonyl (C=O) groups excluding carboxylic acids is 1. The summed E-state index contributed by atoms with van der Waals surface area (Å²) in [4.78, 5) is 11.8. The Morgan fingerprint density at radius 1 is 1.24 bits per heavy atom. The Morgan fingerprint density at radius 2 is 2.00 bits per heavy atom. The van der Waals surface area contributed by atoms with Gasteiger partial charge >= 0.3 is 0 Å². The molecule has 0 fully saturated rings. The van der Waals surface area contributed by atoms with Crippen LogP contribution in [0.1, 0.15) is 0 Å². The maximum atomic E-state index is 11.8. The van der Waals surface area contributed by atoms with Crippen LogP contribution in [0.2, 0.25) is 10.0 Å². The minimum absolute atomic E-state index is 0.187. The second-order valence-corrected chi connectivity index (χ2v) is 5.90. The Bertz CT molecular complexity index is 680. The lowest BCUT2D eigenvalue weighted by Gasteiger charge is -2.10. The predicted octanol–water partition coefficient (Wildman–Crippen LogP) is 4.36. The van der Waals surface area contributed by atoms with E-state index in [-0.39, 0.29) is 12.5 Å². The highest BCUT2D eigenvalue weighted by Gasteiger charge is 2.09. The molecule has 0 atom stereocenters. The van der Waals surface area contributed by atoms with Crippen LogP contribution in [0.5, 0.6) is 5.75 Å². The topological polar surface area (TPSA) is 64.3 Å². The van der Waals surface area contributed by atoms with Gasteiger partial charge in [0.25, 0.3) is 5.91 Å². The molecule has 2 aromatic rings. The van der Waals surface area contributed by atoms with Gasteiger partial charge in [0.2, 0.25) is 0 Å². The Hall–Kier alpha value is -1.43. The molecule has 2 aromatic carbocycles. The third kappa shape index (κ3) is 4.52. The van der Waals surface area contributed by atoms with Crippen LogP contribution in [0.3, 0.4) is 0 Å². The summed E-state index contributed by atoms with van der Waals surface area (Å²) in [7, 11) is 0. The van der Waals surface area contributed by atoms with E-state index in [4.69, 9.17) is 33.7 Å². The lowest BCUT2D eigenvalue weighted by molar-refractivity contribution is -0.118. The van der Waals surface area contributed by atoms with Gasteiger partial charge in [-0.2, -0.15) is 0 Å². The van der Waals surface area contributed by atoms with Crippen LogP contribution < -0.4 is 15.8 Å². The standard InChI is InChI=1S/C14H11BrCl2N2O2/c15-8-1-4-13(10(17)5-8)21-7-14(20)19-12-6-9(16)2-3-11(12)18/h1-6H,7,18H2,(H,19,20). The van der Waals surface area contributed by atoms with E-state index >= 15 is 0 Å². The maximum absolute atomic E-state index is 11.8. The van der Waals surface area contributed by atoms with Crippen LogP contribution in [-0.4, -0.2) is 12.5 Å². The van der Waals surface area contributed by atoms with Crippen molar-refractivity contribution in [2.45, 2.75) is 0 Å². The number of benzene rings is 2. The maximum Gasteiger partial charge on any atom is 0.262 e. The number of ether oxygens (including phenoxy) is 1. The molecule has 0 saturated heterocycles. The molecule has 0 saturated carbocycles. The van der Waals surface area contributed by atoms with Crippen molar-refractivity contribution in [2.24, 2.45) is 0 Å². The molecule has 0 aliphatic heterocycles. The first kappa shape index (κ1) is 15.9. The minimum Gasteiger partial charge on any atom is -0.482 e. The average Bonchev–Trinajstić information content (AvgIpc) is 2.42. The van der Waals surface area contributed by atoms with Gasteiger partial charge in [-0.1, -0.05) is 39.1 Å². The second kappa shape index (κ2) is 7.02. The van der Waals surface area contributed by atoms with Gasteiger partial charge in [-0.25, -0.2) is 0 Å². The summed E-state index contributed by atoms with van der Waals surface area (Å²) in [6.07, 6.45) is 0. The molecule has 2 rings (SSSR count). The number of carbonyl (C=O) groups is 1. The summed E-state index contributed by atoms with van der Waals surface area (Å²) in [5, 5.41) is 3.53. The number of nitrogens with two attached hydrogens (primary N) is 1. The number of hydrogen-bond acceptors (Lipinski definition) is 3. The molecule has 0 unspecified atom stereocenters. The van der Waals surface area contributed by atoms with Crippen molar-refractivity contribution in [1.82, 2.24) is 0 Å². The van der Waals surface area contributed by atoms with Gasteiger partial charge in [-0.3, -0.25) is 4.79 Å². The molecule has 0 radical (unpaired) electrons. The van der Waals surface area contributed by atoms with Crippen LogP contribution in [0.15, 0.2) is 40.9 Å². The monoisotopic (exact) mass is 388 g/mol. The Balaban J connectivity index is 1.97. The van der Waals surface area contributed by atoms with Gasteiger partial charge in [0.15, 0.2) is 6.61 Å². The minimum atomic E-state index is -0.358. The highest BCUT2D eigenvalue weighted by Crippen LogP contribution is 2.28. The average molecular weight is 390 g/mol. The van der Waals surface area contributed by atoms with Crippen molar-refractivity contribution in [3.8, 4) is 5.75 Å². The van der Waals surface area contributed by atoms with Gasteiger partial charge in [0, 0.05) is 9.50 Å². The van der Waals surface area contributed by atoms with E-state index in [0.29, 0.717) is 27.2 Å². The summed E-state index contributed by atoms with van der Waals surface area (Å²) < 4.78 is 6.19. The first-order valence-electron chi connectivity index (χ1n) is 5.88. The lowest BCUT2D eigenvalue weighted by atomic mass is 10.2. The van der Waals surface area contributed by atoms with Crippen molar-refractivity contribution < 1.29 is 9.53 Å². The Morgan fingerprint density at radius 3 is 2.71 bits per heavy atom. The molecule has 0 heterocycles. The zero-order valence-electron chi connectivity index (χ0n) is 10.7. The highest BCUT2D eigenvalue weighted by atomic mass is 79.9. The van der Waals surface area contributed by atoms with Gasteiger partial charge < -0.3 is 15.8 Å². The first-order chi connectivity index (χ1) is 9.95. The highest BCUT2D eigenvalue weighted by molar-refractivity contribution is 9.10. The van der Waals surface area contributed by atoms with E-state index in [9.17, 15) is 4.79 Å². The van der Waals surface area contributed by atoms with Crippen molar-refractivity contribution in [1.29, 1.82) is 0 Å². The number of hydrogen-bond donors (Lipinski definition) is 2. The van der Waals surface area contributed by atoms with E-state index < -0.39 is 0 Å². The molecular weight excluding hydrogens is 379 g/mol. The van der Waals surface area contributed by atoms with E-state index in [0.717, 1.165) is 4.47 Å². The summed E-state index contributed by atoms with van der Waals surface area (Å²) in [6, 6.07) is 9.96. The van der Waals surface area contributed by atoms with Gasteiger partial charge in [-0.05, 0) is 36.4 Å². The first-order valence-corrected chi connectivity index (χ1v) is 7.43. The third-order valence-corrected chi connectivity index (χ3v) is 3.57. The van der Waals surface area contributed by atoms with Crippen LogP contribution in [-0.2, 0) is 4.79 Å². The number of nitrogen functional groups attached to an aromatic ring is 1. The van der Waals surface area contributed by atoms with Crippen LogP contribution in [0.4, 0.5) is 11.4 Å². The molecule has 7 heteroatoms. The summed E-state index contributed by atoms with van der Waals surface area (Å²) in [5.41, 5.74) is 6.61. The zero-order chi connectivity index (χ0) is 15.4. The van der Waals surface area contributed by atoms with Crippen molar-refractivity contribution >= 4 is 56.4 Å². The molecule has 0 aliphatic rings. The SMILES string of the molecule is Nc1ccc(Cl)cc1NC(=O)COc1ccc(Br)cc1Cl. The fraction of sp³-hybridized carbons (Fsp3) is 0.0714. The van der Waals surface area contributed by atoms with Gasteiger partial charge in [0.05, 0.1) is 16.4 Å². The van der Waals surface area contributed by atoms with Crippen molar-refractivity contribution in [3.05, 3.63) is 50.9 Å². The predicted molar refractivity (Wildman–Crippen MR) is 89.1 cm³/mol. The molecule has 0 spiro atoms.